The second kappa shape index (κ2) is 8.38. The standard InChI is InChI=1S/C22H26FNO3/c23-17-6-8-19(9-7-17)27-20-11-12-24(14-20)13-18(25)15-26-22-10-5-16-3-1-2-4-21(16)22/h1-4,6-9,18,20,22,25H,5,10-15H2/t18-,20+,22+/m0/s1. The third-order valence-corrected chi connectivity index (χ3v) is 5.38. The highest BCUT2D eigenvalue weighted by atomic mass is 19.1. The van der Waals surface area contributed by atoms with Crippen molar-refractivity contribution in [3.8, 4) is 5.75 Å². The Morgan fingerprint density at radius 3 is 2.78 bits per heavy atom. The van der Waals surface area contributed by atoms with Crippen LogP contribution in [0.1, 0.15) is 30.1 Å². The van der Waals surface area contributed by atoms with E-state index in [-0.39, 0.29) is 18.0 Å². The molecule has 0 unspecified atom stereocenters. The van der Waals surface area contributed by atoms with Gasteiger partial charge in [0.1, 0.15) is 17.7 Å². The first kappa shape index (κ1) is 18.4. The molecule has 0 spiro atoms. The minimum Gasteiger partial charge on any atom is -0.489 e. The van der Waals surface area contributed by atoms with Gasteiger partial charge in [-0.3, -0.25) is 4.90 Å². The number of nitrogens with zero attached hydrogens (tertiary/aromatic N) is 1. The quantitative estimate of drug-likeness (QED) is 0.811. The maximum absolute atomic E-state index is 13.0. The smallest absolute Gasteiger partial charge is 0.123 e. The molecule has 4 nitrogen and oxygen atoms in total. The number of fused-ring (bicyclic) bond motifs is 1. The fraction of sp³-hybridized carbons (Fsp3) is 0.455. The molecule has 0 radical (unpaired) electrons. The number of likely N-dealkylation sites (tertiary alicyclic amines) is 1. The fourth-order valence-corrected chi connectivity index (χ4v) is 4.03. The maximum Gasteiger partial charge on any atom is 0.123 e. The topological polar surface area (TPSA) is 41.9 Å². The van der Waals surface area contributed by atoms with E-state index in [1.54, 1.807) is 12.1 Å². The summed E-state index contributed by atoms with van der Waals surface area (Å²) in [5.74, 6) is 0.426. The molecule has 1 aliphatic carbocycles. The third-order valence-electron chi connectivity index (χ3n) is 5.38. The Bertz CT molecular complexity index is 751. The molecular formula is C22H26FNO3. The van der Waals surface area contributed by atoms with Crippen molar-refractivity contribution in [3.05, 3.63) is 65.5 Å². The van der Waals surface area contributed by atoms with Crippen molar-refractivity contribution in [2.75, 3.05) is 26.2 Å². The molecule has 0 bridgehead atoms. The highest BCUT2D eigenvalue weighted by Crippen LogP contribution is 2.33. The molecule has 2 aromatic rings. The van der Waals surface area contributed by atoms with E-state index in [0.717, 1.165) is 32.4 Å². The van der Waals surface area contributed by atoms with Gasteiger partial charge in [-0.2, -0.15) is 0 Å². The van der Waals surface area contributed by atoms with E-state index in [2.05, 4.69) is 23.1 Å². The Hall–Kier alpha value is -1.95. The molecule has 4 rings (SSSR count). The maximum atomic E-state index is 13.0. The molecule has 144 valence electrons. The zero-order valence-electron chi connectivity index (χ0n) is 15.4. The number of rotatable bonds is 7. The lowest BCUT2D eigenvalue weighted by Crippen LogP contribution is -2.35. The van der Waals surface area contributed by atoms with Crippen molar-refractivity contribution in [2.24, 2.45) is 0 Å². The third kappa shape index (κ3) is 4.67. The van der Waals surface area contributed by atoms with E-state index in [4.69, 9.17) is 9.47 Å². The monoisotopic (exact) mass is 371 g/mol. The van der Waals surface area contributed by atoms with Crippen molar-refractivity contribution in [1.82, 2.24) is 4.90 Å². The van der Waals surface area contributed by atoms with Gasteiger partial charge in [-0.15, -0.1) is 0 Å². The minimum atomic E-state index is -0.512. The Balaban J connectivity index is 1.20. The predicted molar refractivity (Wildman–Crippen MR) is 101 cm³/mol. The lowest BCUT2D eigenvalue weighted by molar-refractivity contribution is -0.0200. The summed E-state index contributed by atoms with van der Waals surface area (Å²) in [6, 6.07) is 14.5. The van der Waals surface area contributed by atoms with E-state index < -0.39 is 6.10 Å². The number of halogens is 1. The number of β-amino-alcohol motifs (C(OH)–C–C–N with tert-alkyl or cyclic N) is 1. The molecule has 0 saturated carbocycles. The van der Waals surface area contributed by atoms with Crippen LogP contribution >= 0.6 is 0 Å². The molecule has 1 N–H and O–H groups in total. The van der Waals surface area contributed by atoms with Gasteiger partial charge in [0.05, 0.1) is 18.8 Å². The van der Waals surface area contributed by atoms with Crippen molar-refractivity contribution in [2.45, 2.75) is 37.6 Å². The molecule has 1 saturated heterocycles. The Labute approximate surface area is 159 Å². The van der Waals surface area contributed by atoms with E-state index in [9.17, 15) is 9.50 Å². The van der Waals surface area contributed by atoms with Gasteiger partial charge in [-0.1, -0.05) is 24.3 Å². The number of ether oxygens (including phenoxy) is 2. The van der Waals surface area contributed by atoms with E-state index in [1.165, 1.54) is 23.3 Å². The first-order chi connectivity index (χ1) is 13.2. The molecule has 27 heavy (non-hydrogen) atoms. The van der Waals surface area contributed by atoms with Crippen LogP contribution in [-0.2, 0) is 11.2 Å². The molecular weight excluding hydrogens is 345 g/mol. The van der Waals surface area contributed by atoms with Crippen LogP contribution in [0.2, 0.25) is 0 Å². The van der Waals surface area contributed by atoms with Gasteiger partial charge < -0.3 is 14.6 Å². The SMILES string of the molecule is O[C@H](CO[C@@H]1CCc2ccccc21)CN1CC[C@@H](Oc2ccc(F)cc2)C1. The highest BCUT2D eigenvalue weighted by molar-refractivity contribution is 5.33. The van der Waals surface area contributed by atoms with E-state index in [0.29, 0.717) is 18.9 Å². The van der Waals surface area contributed by atoms with Gasteiger partial charge in [0, 0.05) is 19.6 Å². The zero-order chi connectivity index (χ0) is 18.6. The summed E-state index contributed by atoms with van der Waals surface area (Å²) < 4.78 is 24.9. The molecule has 1 aliphatic heterocycles. The number of hydrogen-bond donors (Lipinski definition) is 1. The van der Waals surface area contributed by atoms with E-state index >= 15 is 0 Å². The number of aryl methyl sites for hydroxylation is 1. The molecule has 2 aliphatic rings. The number of benzene rings is 2. The summed E-state index contributed by atoms with van der Waals surface area (Å²) >= 11 is 0. The van der Waals surface area contributed by atoms with Gasteiger partial charge in [0.2, 0.25) is 0 Å². The Kier molecular flexibility index (Phi) is 5.72. The molecule has 2 aromatic carbocycles. The second-order valence-electron chi connectivity index (χ2n) is 7.46. The first-order valence-electron chi connectivity index (χ1n) is 9.69. The van der Waals surface area contributed by atoms with Crippen LogP contribution in [0, 0.1) is 5.82 Å². The number of hydrogen-bond acceptors (Lipinski definition) is 4. The van der Waals surface area contributed by atoms with Crippen molar-refractivity contribution in [3.63, 3.8) is 0 Å². The van der Waals surface area contributed by atoms with Crippen molar-refractivity contribution >= 4 is 0 Å². The van der Waals surface area contributed by atoms with Crippen molar-refractivity contribution < 1.29 is 19.0 Å². The first-order valence-corrected chi connectivity index (χ1v) is 9.69. The van der Waals surface area contributed by atoms with Crippen LogP contribution in [0.4, 0.5) is 4.39 Å². The van der Waals surface area contributed by atoms with Gasteiger partial charge in [0.15, 0.2) is 0 Å². The van der Waals surface area contributed by atoms with Crippen LogP contribution in [0.5, 0.6) is 5.75 Å². The molecule has 1 fully saturated rings. The van der Waals surface area contributed by atoms with Crippen LogP contribution in [0.15, 0.2) is 48.5 Å². The summed E-state index contributed by atoms with van der Waals surface area (Å²) in [7, 11) is 0. The normalized spacial score (nSPS) is 23.3. The summed E-state index contributed by atoms with van der Waals surface area (Å²) in [5.41, 5.74) is 2.62. The Morgan fingerprint density at radius 2 is 1.93 bits per heavy atom. The predicted octanol–water partition coefficient (Wildman–Crippen LogP) is 3.34. The largest absolute Gasteiger partial charge is 0.489 e. The molecule has 3 atom stereocenters. The minimum absolute atomic E-state index is 0.0743. The summed E-state index contributed by atoms with van der Waals surface area (Å²) in [6.07, 6.45) is 2.60. The van der Waals surface area contributed by atoms with Gasteiger partial charge in [-0.05, 0) is 54.7 Å². The average molecular weight is 371 g/mol. The molecule has 0 amide bonds. The number of aliphatic hydroxyl groups is 1. The summed E-state index contributed by atoms with van der Waals surface area (Å²) in [6.45, 7) is 2.58. The molecule has 5 heteroatoms. The average Bonchev–Trinajstić information content (AvgIpc) is 3.29. The van der Waals surface area contributed by atoms with Gasteiger partial charge in [-0.25, -0.2) is 4.39 Å². The fourth-order valence-electron chi connectivity index (χ4n) is 4.03. The van der Waals surface area contributed by atoms with Crippen LogP contribution in [-0.4, -0.2) is 48.5 Å². The van der Waals surface area contributed by atoms with Gasteiger partial charge in [0.25, 0.3) is 0 Å². The van der Waals surface area contributed by atoms with Crippen molar-refractivity contribution in [1.29, 1.82) is 0 Å². The zero-order valence-corrected chi connectivity index (χ0v) is 15.4. The summed E-state index contributed by atoms with van der Waals surface area (Å²) in [4.78, 5) is 2.20. The van der Waals surface area contributed by atoms with Gasteiger partial charge >= 0.3 is 0 Å². The summed E-state index contributed by atoms with van der Waals surface area (Å²) in [5, 5.41) is 10.4. The van der Waals surface area contributed by atoms with Crippen LogP contribution < -0.4 is 4.74 Å². The number of aliphatic hydroxyl groups excluding tert-OH is 1. The highest BCUT2D eigenvalue weighted by Gasteiger charge is 2.27. The van der Waals surface area contributed by atoms with Crippen LogP contribution in [0.25, 0.3) is 0 Å². The van der Waals surface area contributed by atoms with Crippen LogP contribution in [0.3, 0.4) is 0 Å². The molecule has 0 aromatic heterocycles. The lowest BCUT2D eigenvalue weighted by Gasteiger charge is -2.22. The lowest BCUT2D eigenvalue weighted by atomic mass is 10.1. The second-order valence-corrected chi connectivity index (χ2v) is 7.46. The molecule has 1 heterocycles. The Morgan fingerprint density at radius 1 is 1.11 bits per heavy atom. The van der Waals surface area contributed by atoms with E-state index in [1.807, 2.05) is 6.07 Å².